The van der Waals surface area contributed by atoms with Gasteiger partial charge in [-0.05, 0) is 6.42 Å². The Morgan fingerprint density at radius 3 is 2.79 bits per heavy atom. The third kappa shape index (κ3) is 2.70. The molecule has 1 heterocycles. The average Bonchev–Trinajstić information content (AvgIpc) is 2.25. The highest BCUT2D eigenvalue weighted by Crippen LogP contribution is 2.06. The van der Waals surface area contributed by atoms with Crippen LogP contribution in [-0.4, -0.2) is 16.5 Å². The first-order valence-electron chi connectivity index (χ1n) is 4.82. The van der Waals surface area contributed by atoms with E-state index < -0.39 is 0 Å². The smallest absolute Gasteiger partial charge is 0.146 e. The molecule has 0 radical (unpaired) electrons. The quantitative estimate of drug-likeness (QED) is 0.785. The Kier molecular flexibility index (Phi) is 3.86. The van der Waals surface area contributed by atoms with E-state index in [1.807, 2.05) is 13.0 Å². The Labute approximate surface area is 84.0 Å². The number of hydrogen-bond donors (Lipinski definition) is 1. The zero-order valence-electron chi connectivity index (χ0n) is 8.54. The maximum atomic E-state index is 8.74. The van der Waals surface area contributed by atoms with Crippen LogP contribution in [0.4, 0.5) is 5.82 Å². The molecule has 0 unspecified atom stereocenters. The summed E-state index contributed by atoms with van der Waals surface area (Å²) in [5.41, 5.74) is 0.426. The van der Waals surface area contributed by atoms with E-state index in [4.69, 9.17) is 5.26 Å². The van der Waals surface area contributed by atoms with E-state index in [1.54, 1.807) is 6.07 Å². The molecule has 0 fully saturated rings. The van der Waals surface area contributed by atoms with Crippen LogP contribution in [0.15, 0.2) is 6.07 Å². The van der Waals surface area contributed by atoms with Crippen LogP contribution in [0.25, 0.3) is 0 Å². The number of hydrogen-bond acceptors (Lipinski definition) is 4. The van der Waals surface area contributed by atoms with Gasteiger partial charge in [-0.3, -0.25) is 0 Å². The van der Waals surface area contributed by atoms with Crippen molar-refractivity contribution in [3.8, 4) is 6.07 Å². The molecule has 4 heteroatoms. The lowest BCUT2D eigenvalue weighted by atomic mass is 10.3. The van der Waals surface area contributed by atoms with Crippen LogP contribution >= 0.6 is 0 Å². The molecular formula is C10H14N4. The van der Waals surface area contributed by atoms with Gasteiger partial charge < -0.3 is 5.32 Å². The van der Waals surface area contributed by atoms with Crippen LogP contribution in [0.3, 0.4) is 0 Å². The van der Waals surface area contributed by atoms with Crippen LogP contribution in [-0.2, 0) is 6.42 Å². The molecule has 0 aliphatic heterocycles. The molecule has 0 spiro atoms. The summed E-state index contributed by atoms with van der Waals surface area (Å²) in [4.78, 5) is 8.33. The van der Waals surface area contributed by atoms with Gasteiger partial charge in [0.2, 0.25) is 0 Å². The second kappa shape index (κ2) is 5.18. The van der Waals surface area contributed by atoms with Crippen molar-refractivity contribution in [2.45, 2.75) is 26.7 Å². The molecule has 0 bridgehead atoms. The minimum absolute atomic E-state index is 0.426. The fourth-order valence-electron chi connectivity index (χ4n) is 1.06. The molecule has 0 aliphatic carbocycles. The Balaban J connectivity index is 2.88. The summed E-state index contributed by atoms with van der Waals surface area (Å²) in [6, 6.07) is 3.70. The lowest BCUT2D eigenvalue weighted by Gasteiger charge is -2.05. The lowest BCUT2D eigenvalue weighted by Crippen LogP contribution is -2.05. The van der Waals surface area contributed by atoms with Gasteiger partial charge in [0.1, 0.15) is 23.4 Å². The molecule has 1 N–H and O–H groups in total. The first-order valence-corrected chi connectivity index (χ1v) is 4.82. The maximum absolute atomic E-state index is 8.74. The molecule has 14 heavy (non-hydrogen) atoms. The van der Waals surface area contributed by atoms with E-state index in [0.717, 1.165) is 25.2 Å². The molecule has 0 aliphatic rings. The van der Waals surface area contributed by atoms with E-state index in [0.29, 0.717) is 11.5 Å². The minimum atomic E-state index is 0.426. The summed E-state index contributed by atoms with van der Waals surface area (Å²) < 4.78 is 0. The molecule has 1 aromatic heterocycles. The third-order valence-electron chi connectivity index (χ3n) is 1.76. The van der Waals surface area contributed by atoms with Crippen LogP contribution in [0.5, 0.6) is 0 Å². The molecule has 0 saturated heterocycles. The number of nitrogens with zero attached hydrogens (tertiary/aromatic N) is 3. The molecule has 0 saturated carbocycles. The predicted molar refractivity (Wildman–Crippen MR) is 54.9 cm³/mol. The number of nitriles is 1. The van der Waals surface area contributed by atoms with Gasteiger partial charge in [-0.2, -0.15) is 5.26 Å². The zero-order chi connectivity index (χ0) is 10.4. The van der Waals surface area contributed by atoms with Gasteiger partial charge in [0.15, 0.2) is 0 Å². The molecular weight excluding hydrogens is 176 g/mol. The minimum Gasteiger partial charge on any atom is -0.370 e. The van der Waals surface area contributed by atoms with Gasteiger partial charge in [-0.25, -0.2) is 9.97 Å². The van der Waals surface area contributed by atoms with Crippen LogP contribution in [0, 0.1) is 11.3 Å². The second-order valence-corrected chi connectivity index (χ2v) is 2.95. The molecule has 1 rings (SSSR count). The summed E-state index contributed by atoms with van der Waals surface area (Å²) in [7, 11) is 0. The van der Waals surface area contributed by atoms with Crippen molar-refractivity contribution in [2.24, 2.45) is 0 Å². The van der Waals surface area contributed by atoms with E-state index in [1.165, 1.54) is 0 Å². The number of nitrogens with one attached hydrogen (secondary N) is 1. The Hall–Kier alpha value is -1.63. The van der Waals surface area contributed by atoms with Crippen LogP contribution < -0.4 is 5.32 Å². The highest BCUT2D eigenvalue weighted by molar-refractivity contribution is 5.39. The average molecular weight is 190 g/mol. The summed E-state index contributed by atoms with van der Waals surface area (Å²) in [6.45, 7) is 4.92. The van der Waals surface area contributed by atoms with E-state index in [-0.39, 0.29) is 0 Å². The van der Waals surface area contributed by atoms with Crippen LogP contribution in [0.1, 0.15) is 31.8 Å². The molecule has 0 amide bonds. The van der Waals surface area contributed by atoms with Gasteiger partial charge >= 0.3 is 0 Å². The van der Waals surface area contributed by atoms with Crippen molar-refractivity contribution >= 4 is 5.82 Å². The highest BCUT2D eigenvalue weighted by atomic mass is 15.0. The fraction of sp³-hybridized carbons (Fsp3) is 0.500. The van der Waals surface area contributed by atoms with Gasteiger partial charge in [0.25, 0.3) is 0 Å². The van der Waals surface area contributed by atoms with E-state index >= 15 is 0 Å². The number of rotatable bonds is 4. The Morgan fingerprint density at radius 2 is 2.21 bits per heavy atom. The standard InChI is InChI=1S/C10H14N4/c1-3-5-12-10-6-8(7-11)13-9(4-2)14-10/h6H,3-5H2,1-2H3,(H,12,13,14). The monoisotopic (exact) mass is 190 g/mol. The van der Waals surface area contributed by atoms with Gasteiger partial charge in [-0.15, -0.1) is 0 Å². The zero-order valence-corrected chi connectivity index (χ0v) is 8.54. The van der Waals surface area contributed by atoms with Crippen molar-refractivity contribution in [2.75, 3.05) is 11.9 Å². The number of aromatic nitrogens is 2. The van der Waals surface area contributed by atoms with Gasteiger partial charge in [-0.1, -0.05) is 13.8 Å². The number of aryl methyl sites for hydroxylation is 1. The van der Waals surface area contributed by atoms with Crippen LogP contribution in [0.2, 0.25) is 0 Å². The van der Waals surface area contributed by atoms with Crippen molar-refractivity contribution < 1.29 is 0 Å². The van der Waals surface area contributed by atoms with Gasteiger partial charge in [0, 0.05) is 19.0 Å². The molecule has 4 nitrogen and oxygen atoms in total. The van der Waals surface area contributed by atoms with Crippen molar-refractivity contribution in [3.05, 3.63) is 17.6 Å². The lowest BCUT2D eigenvalue weighted by molar-refractivity contribution is 0.910. The summed E-state index contributed by atoms with van der Waals surface area (Å²) in [6.07, 6.45) is 1.78. The molecule has 1 aromatic rings. The van der Waals surface area contributed by atoms with Crippen molar-refractivity contribution in [1.29, 1.82) is 5.26 Å². The molecule has 0 aromatic carbocycles. The van der Waals surface area contributed by atoms with Gasteiger partial charge in [0.05, 0.1) is 0 Å². The Morgan fingerprint density at radius 1 is 1.43 bits per heavy atom. The van der Waals surface area contributed by atoms with E-state index in [9.17, 15) is 0 Å². The van der Waals surface area contributed by atoms with Crippen molar-refractivity contribution in [3.63, 3.8) is 0 Å². The summed E-state index contributed by atoms with van der Waals surface area (Å²) >= 11 is 0. The highest BCUT2D eigenvalue weighted by Gasteiger charge is 2.01. The number of anilines is 1. The Bertz CT molecular complexity index is 340. The fourth-order valence-corrected chi connectivity index (χ4v) is 1.06. The summed E-state index contributed by atoms with van der Waals surface area (Å²) in [5, 5.41) is 11.9. The predicted octanol–water partition coefficient (Wildman–Crippen LogP) is 1.73. The molecule has 74 valence electrons. The normalized spacial score (nSPS) is 9.50. The SMILES string of the molecule is CCCNc1cc(C#N)nc(CC)n1. The topological polar surface area (TPSA) is 61.6 Å². The first-order chi connectivity index (χ1) is 6.80. The molecule has 0 atom stereocenters. The van der Waals surface area contributed by atoms with Crippen molar-refractivity contribution in [1.82, 2.24) is 9.97 Å². The largest absolute Gasteiger partial charge is 0.370 e. The van der Waals surface area contributed by atoms with E-state index in [2.05, 4.69) is 22.2 Å². The maximum Gasteiger partial charge on any atom is 0.146 e. The third-order valence-corrected chi connectivity index (χ3v) is 1.76. The second-order valence-electron chi connectivity index (χ2n) is 2.95. The summed E-state index contributed by atoms with van der Waals surface area (Å²) in [5.74, 6) is 1.46. The first kappa shape index (κ1) is 10.5.